The molecule has 1 unspecified atom stereocenters. The van der Waals surface area contributed by atoms with Crippen LogP contribution in [0, 0.1) is 5.92 Å². The second-order valence-electron chi connectivity index (χ2n) is 5.68. The molecule has 1 aromatic heterocycles. The Labute approximate surface area is 109 Å². The van der Waals surface area contributed by atoms with Gasteiger partial charge in [0.05, 0.1) is 6.54 Å². The molecule has 100 valence electrons. The molecule has 1 aliphatic heterocycles. The summed E-state index contributed by atoms with van der Waals surface area (Å²) in [5.41, 5.74) is 0. The maximum Gasteiger partial charge on any atom is 0.240 e. The van der Waals surface area contributed by atoms with Gasteiger partial charge in [0, 0.05) is 12.5 Å². The Morgan fingerprint density at radius 2 is 2.06 bits per heavy atom. The maximum absolute atomic E-state index is 5.33. The van der Waals surface area contributed by atoms with Crippen molar-refractivity contribution in [3.05, 3.63) is 11.7 Å². The predicted molar refractivity (Wildman–Crippen MR) is 69.1 cm³/mol. The van der Waals surface area contributed by atoms with E-state index >= 15 is 0 Å². The van der Waals surface area contributed by atoms with Crippen LogP contribution in [0.25, 0.3) is 0 Å². The number of hydrogen-bond acceptors (Lipinski definition) is 4. The topological polar surface area (TPSA) is 42.2 Å². The Balaban J connectivity index is 1.63. The largest absolute Gasteiger partial charge is 0.338 e. The van der Waals surface area contributed by atoms with E-state index in [9.17, 15) is 0 Å². The number of aryl methyl sites for hydroxylation is 1. The summed E-state index contributed by atoms with van der Waals surface area (Å²) in [6, 6.07) is 0.768. The van der Waals surface area contributed by atoms with Crippen LogP contribution in [0.15, 0.2) is 4.52 Å². The lowest BCUT2D eigenvalue weighted by molar-refractivity contribution is 0.163. The fourth-order valence-corrected chi connectivity index (χ4v) is 3.60. The summed E-state index contributed by atoms with van der Waals surface area (Å²) in [6.45, 7) is 4.12. The summed E-state index contributed by atoms with van der Waals surface area (Å²) < 4.78 is 5.33. The lowest BCUT2D eigenvalue weighted by Gasteiger charge is -2.27. The number of nitrogens with zero attached hydrogens (tertiary/aromatic N) is 3. The SMILES string of the molecule is CCc1noc(CN2CCCC2C2CCCC2)n1. The minimum absolute atomic E-state index is 0.768. The van der Waals surface area contributed by atoms with Gasteiger partial charge >= 0.3 is 0 Å². The highest BCUT2D eigenvalue weighted by Crippen LogP contribution is 2.35. The van der Waals surface area contributed by atoms with Crippen molar-refractivity contribution in [2.24, 2.45) is 5.92 Å². The summed E-state index contributed by atoms with van der Waals surface area (Å²) in [4.78, 5) is 7.01. The quantitative estimate of drug-likeness (QED) is 0.823. The first-order valence-electron chi connectivity index (χ1n) is 7.42. The van der Waals surface area contributed by atoms with E-state index in [1.165, 1.54) is 45.1 Å². The van der Waals surface area contributed by atoms with E-state index in [0.717, 1.165) is 36.6 Å². The second kappa shape index (κ2) is 5.39. The molecule has 1 saturated carbocycles. The molecular weight excluding hydrogens is 226 g/mol. The van der Waals surface area contributed by atoms with Gasteiger partial charge in [-0.15, -0.1) is 0 Å². The van der Waals surface area contributed by atoms with Crippen molar-refractivity contribution >= 4 is 0 Å². The fraction of sp³-hybridized carbons (Fsp3) is 0.857. The van der Waals surface area contributed by atoms with Gasteiger partial charge in [0.15, 0.2) is 5.82 Å². The van der Waals surface area contributed by atoms with Gasteiger partial charge in [0.25, 0.3) is 0 Å². The zero-order valence-corrected chi connectivity index (χ0v) is 11.3. The predicted octanol–water partition coefficient (Wildman–Crippen LogP) is 2.79. The van der Waals surface area contributed by atoms with Crippen molar-refractivity contribution in [2.45, 2.75) is 64.5 Å². The lowest BCUT2D eigenvalue weighted by Crippen LogP contribution is -2.34. The van der Waals surface area contributed by atoms with E-state index in [1.54, 1.807) is 0 Å². The minimum atomic E-state index is 0.768. The van der Waals surface area contributed by atoms with Crippen molar-refractivity contribution in [3.63, 3.8) is 0 Å². The average Bonchev–Trinajstić information content (AvgIpc) is 3.09. The van der Waals surface area contributed by atoms with Crippen LogP contribution in [0.1, 0.15) is 57.2 Å². The maximum atomic E-state index is 5.33. The van der Waals surface area contributed by atoms with E-state index in [2.05, 4.69) is 22.0 Å². The molecule has 0 N–H and O–H groups in total. The molecule has 1 aromatic rings. The minimum Gasteiger partial charge on any atom is -0.338 e. The Morgan fingerprint density at radius 1 is 1.22 bits per heavy atom. The van der Waals surface area contributed by atoms with Crippen molar-refractivity contribution in [3.8, 4) is 0 Å². The molecule has 3 rings (SSSR count). The highest BCUT2D eigenvalue weighted by atomic mass is 16.5. The summed E-state index contributed by atoms with van der Waals surface area (Å²) >= 11 is 0. The van der Waals surface area contributed by atoms with Gasteiger partial charge in [-0.05, 0) is 38.1 Å². The van der Waals surface area contributed by atoms with Crippen LogP contribution in [-0.2, 0) is 13.0 Å². The summed E-state index contributed by atoms with van der Waals surface area (Å²) in [5, 5.41) is 3.99. The number of hydrogen-bond donors (Lipinski definition) is 0. The number of aromatic nitrogens is 2. The van der Waals surface area contributed by atoms with Gasteiger partial charge in [-0.1, -0.05) is 24.9 Å². The third kappa shape index (κ3) is 2.44. The lowest BCUT2D eigenvalue weighted by atomic mass is 9.96. The first kappa shape index (κ1) is 12.2. The van der Waals surface area contributed by atoms with Crippen LogP contribution in [0.4, 0.5) is 0 Å². The van der Waals surface area contributed by atoms with Gasteiger partial charge in [-0.25, -0.2) is 0 Å². The fourth-order valence-electron chi connectivity index (χ4n) is 3.60. The van der Waals surface area contributed by atoms with Crippen LogP contribution in [0.3, 0.4) is 0 Å². The smallest absolute Gasteiger partial charge is 0.240 e. The van der Waals surface area contributed by atoms with Crippen molar-refractivity contribution in [1.82, 2.24) is 15.0 Å². The zero-order chi connectivity index (χ0) is 12.4. The molecule has 0 bridgehead atoms. The van der Waals surface area contributed by atoms with Crippen molar-refractivity contribution < 1.29 is 4.52 Å². The molecular formula is C14H23N3O. The van der Waals surface area contributed by atoms with Crippen LogP contribution in [0.2, 0.25) is 0 Å². The third-order valence-electron chi connectivity index (χ3n) is 4.52. The molecule has 2 heterocycles. The van der Waals surface area contributed by atoms with Gasteiger partial charge in [0.2, 0.25) is 5.89 Å². The zero-order valence-electron chi connectivity index (χ0n) is 11.3. The van der Waals surface area contributed by atoms with Gasteiger partial charge < -0.3 is 4.52 Å². The highest BCUT2D eigenvalue weighted by molar-refractivity contribution is 4.91. The molecule has 0 spiro atoms. The van der Waals surface area contributed by atoms with E-state index in [1.807, 2.05) is 0 Å². The molecule has 1 aliphatic carbocycles. The molecule has 4 heteroatoms. The molecule has 2 aliphatic rings. The molecule has 0 aromatic carbocycles. The van der Waals surface area contributed by atoms with E-state index in [-0.39, 0.29) is 0 Å². The molecule has 18 heavy (non-hydrogen) atoms. The number of rotatable bonds is 4. The third-order valence-corrected chi connectivity index (χ3v) is 4.52. The van der Waals surface area contributed by atoms with Crippen LogP contribution < -0.4 is 0 Å². The van der Waals surface area contributed by atoms with Crippen LogP contribution >= 0.6 is 0 Å². The molecule has 1 atom stereocenters. The summed E-state index contributed by atoms with van der Waals surface area (Å²) in [5.74, 6) is 2.56. The molecule has 0 amide bonds. The molecule has 2 fully saturated rings. The Hall–Kier alpha value is -0.900. The van der Waals surface area contributed by atoms with Crippen LogP contribution in [0.5, 0.6) is 0 Å². The van der Waals surface area contributed by atoms with E-state index in [4.69, 9.17) is 4.52 Å². The Kier molecular flexibility index (Phi) is 3.64. The van der Waals surface area contributed by atoms with Gasteiger partial charge in [-0.3, -0.25) is 4.90 Å². The van der Waals surface area contributed by atoms with E-state index in [0.29, 0.717) is 0 Å². The molecule has 1 saturated heterocycles. The van der Waals surface area contributed by atoms with Gasteiger partial charge in [-0.2, -0.15) is 4.98 Å². The Bertz CT molecular complexity index is 384. The first-order valence-corrected chi connectivity index (χ1v) is 7.42. The van der Waals surface area contributed by atoms with Crippen molar-refractivity contribution in [1.29, 1.82) is 0 Å². The second-order valence-corrected chi connectivity index (χ2v) is 5.68. The average molecular weight is 249 g/mol. The number of likely N-dealkylation sites (tertiary alicyclic amines) is 1. The van der Waals surface area contributed by atoms with Crippen LogP contribution in [-0.4, -0.2) is 27.6 Å². The monoisotopic (exact) mass is 249 g/mol. The van der Waals surface area contributed by atoms with Crippen molar-refractivity contribution in [2.75, 3.05) is 6.54 Å². The first-order chi connectivity index (χ1) is 8.86. The summed E-state index contributed by atoms with van der Waals surface area (Å²) in [7, 11) is 0. The Morgan fingerprint density at radius 3 is 2.78 bits per heavy atom. The standard InChI is InChI=1S/C14H23N3O/c1-2-13-15-14(18-16-13)10-17-9-5-8-12(17)11-6-3-4-7-11/h11-12H,2-10H2,1H3. The normalized spacial score (nSPS) is 26.2. The summed E-state index contributed by atoms with van der Waals surface area (Å²) in [6.07, 6.45) is 9.24. The molecule has 4 nitrogen and oxygen atoms in total. The van der Waals surface area contributed by atoms with Gasteiger partial charge in [0.1, 0.15) is 0 Å². The molecule has 0 radical (unpaired) electrons. The highest BCUT2D eigenvalue weighted by Gasteiger charge is 2.33. The van der Waals surface area contributed by atoms with E-state index < -0.39 is 0 Å².